The zero-order chi connectivity index (χ0) is 11.4. The second-order valence-corrected chi connectivity index (χ2v) is 5.18. The standard InChI is InChI=1S/C13H21N3/c1-13(6-9-16(2)10-7-13)11-15-12-5-3-4-8-14-12/h3-5,8H,6-7,9-11H2,1-2H3,(H,14,15). The topological polar surface area (TPSA) is 28.2 Å². The molecule has 1 aliphatic heterocycles. The Kier molecular flexibility index (Phi) is 3.44. The minimum Gasteiger partial charge on any atom is -0.370 e. The fourth-order valence-electron chi connectivity index (χ4n) is 2.11. The monoisotopic (exact) mass is 219 g/mol. The number of aromatic nitrogens is 1. The van der Waals surface area contributed by atoms with Crippen molar-refractivity contribution in [2.75, 3.05) is 32.0 Å². The highest BCUT2D eigenvalue weighted by Gasteiger charge is 2.28. The number of anilines is 1. The maximum atomic E-state index is 4.29. The number of hydrogen-bond acceptors (Lipinski definition) is 3. The summed E-state index contributed by atoms with van der Waals surface area (Å²) in [6, 6.07) is 5.99. The van der Waals surface area contributed by atoms with Gasteiger partial charge in [-0.15, -0.1) is 0 Å². The second kappa shape index (κ2) is 4.83. The molecule has 0 unspecified atom stereocenters. The Bertz CT molecular complexity index is 315. The molecule has 1 aliphatic rings. The van der Waals surface area contributed by atoms with Crippen LogP contribution in [-0.4, -0.2) is 36.6 Å². The van der Waals surface area contributed by atoms with Crippen LogP contribution in [0.3, 0.4) is 0 Å². The fraction of sp³-hybridized carbons (Fsp3) is 0.615. The van der Waals surface area contributed by atoms with Crippen molar-refractivity contribution in [1.82, 2.24) is 9.88 Å². The molecule has 0 aromatic carbocycles. The van der Waals surface area contributed by atoms with Crippen molar-refractivity contribution in [2.24, 2.45) is 5.41 Å². The highest BCUT2D eigenvalue weighted by molar-refractivity contribution is 5.33. The summed E-state index contributed by atoms with van der Waals surface area (Å²) >= 11 is 0. The maximum absolute atomic E-state index is 4.29. The van der Waals surface area contributed by atoms with Gasteiger partial charge in [0.1, 0.15) is 5.82 Å². The van der Waals surface area contributed by atoms with Gasteiger partial charge in [-0.05, 0) is 50.5 Å². The predicted molar refractivity (Wildman–Crippen MR) is 67.6 cm³/mol. The quantitative estimate of drug-likeness (QED) is 0.845. The van der Waals surface area contributed by atoms with E-state index < -0.39 is 0 Å². The Labute approximate surface area is 97.9 Å². The van der Waals surface area contributed by atoms with E-state index >= 15 is 0 Å². The molecule has 1 N–H and O–H groups in total. The van der Waals surface area contributed by atoms with E-state index in [0.717, 1.165) is 12.4 Å². The minimum atomic E-state index is 0.421. The first-order valence-corrected chi connectivity index (χ1v) is 6.01. The number of nitrogens with zero attached hydrogens (tertiary/aromatic N) is 2. The normalized spacial score (nSPS) is 20.6. The Balaban J connectivity index is 1.85. The lowest BCUT2D eigenvalue weighted by Gasteiger charge is -2.38. The molecular weight excluding hydrogens is 198 g/mol. The van der Waals surface area contributed by atoms with E-state index in [1.807, 2.05) is 24.4 Å². The molecule has 0 radical (unpaired) electrons. The van der Waals surface area contributed by atoms with Crippen molar-refractivity contribution in [3.63, 3.8) is 0 Å². The van der Waals surface area contributed by atoms with Gasteiger partial charge in [-0.3, -0.25) is 0 Å². The van der Waals surface area contributed by atoms with E-state index in [4.69, 9.17) is 0 Å². The third kappa shape index (κ3) is 2.95. The van der Waals surface area contributed by atoms with E-state index in [1.54, 1.807) is 0 Å². The van der Waals surface area contributed by atoms with Gasteiger partial charge in [-0.1, -0.05) is 13.0 Å². The van der Waals surface area contributed by atoms with Gasteiger partial charge >= 0.3 is 0 Å². The van der Waals surface area contributed by atoms with Crippen molar-refractivity contribution in [3.8, 4) is 0 Å². The lowest BCUT2D eigenvalue weighted by atomic mass is 9.80. The third-order valence-electron chi connectivity index (χ3n) is 3.56. The lowest BCUT2D eigenvalue weighted by Crippen LogP contribution is -2.40. The number of rotatable bonds is 3. The summed E-state index contributed by atoms with van der Waals surface area (Å²) in [6.45, 7) is 5.81. The number of pyridine rings is 1. The summed E-state index contributed by atoms with van der Waals surface area (Å²) in [5, 5.41) is 3.44. The molecule has 0 atom stereocenters. The summed E-state index contributed by atoms with van der Waals surface area (Å²) in [7, 11) is 2.20. The molecule has 0 aliphatic carbocycles. The Morgan fingerprint density at radius 3 is 2.75 bits per heavy atom. The van der Waals surface area contributed by atoms with Gasteiger partial charge in [0.15, 0.2) is 0 Å². The van der Waals surface area contributed by atoms with Gasteiger partial charge in [-0.25, -0.2) is 4.98 Å². The Hall–Kier alpha value is -1.09. The molecule has 1 aromatic rings. The fourth-order valence-corrected chi connectivity index (χ4v) is 2.11. The summed E-state index contributed by atoms with van der Waals surface area (Å²) < 4.78 is 0. The van der Waals surface area contributed by atoms with Crippen LogP contribution in [0, 0.1) is 5.41 Å². The first-order chi connectivity index (χ1) is 7.68. The Morgan fingerprint density at radius 1 is 1.38 bits per heavy atom. The largest absolute Gasteiger partial charge is 0.370 e. The van der Waals surface area contributed by atoms with E-state index in [1.165, 1.54) is 25.9 Å². The molecule has 1 fully saturated rings. The molecule has 16 heavy (non-hydrogen) atoms. The molecular formula is C13H21N3. The summed E-state index contributed by atoms with van der Waals surface area (Å²) in [6.07, 6.45) is 4.37. The SMILES string of the molecule is CN1CCC(C)(CNc2ccccn2)CC1. The number of likely N-dealkylation sites (tertiary alicyclic amines) is 1. The average Bonchev–Trinajstić information content (AvgIpc) is 2.33. The lowest BCUT2D eigenvalue weighted by molar-refractivity contribution is 0.150. The first-order valence-electron chi connectivity index (χ1n) is 6.01. The minimum absolute atomic E-state index is 0.421. The van der Waals surface area contributed by atoms with Crippen molar-refractivity contribution in [3.05, 3.63) is 24.4 Å². The van der Waals surface area contributed by atoms with Crippen LogP contribution >= 0.6 is 0 Å². The summed E-state index contributed by atoms with van der Waals surface area (Å²) in [5.41, 5.74) is 0.421. The van der Waals surface area contributed by atoms with Gasteiger partial charge in [0, 0.05) is 12.7 Å². The molecule has 0 saturated carbocycles. The van der Waals surface area contributed by atoms with Gasteiger partial charge in [-0.2, -0.15) is 0 Å². The second-order valence-electron chi connectivity index (χ2n) is 5.18. The van der Waals surface area contributed by atoms with Crippen LogP contribution in [0.1, 0.15) is 19.8 Å². The van der Waals surface area contributed by atoms with E-state index in [0.29, 0.717) is 5.41 Å². The van der Waals surface area contributed by atoms with Crippen LogP contribution in [0.4, 0.5) is 5.82 Å². The van der Waals surface area contributed by atoms with E-state index in [-0.39, 0.29) is 0 Å². The smallest absolute Gasteiger partial charge is 0.125 e. The molecule has 2 heterocycles. The molecule has 3 nitrogen and oxygen atoms in total. The van der Waals surface area contributed by atoms with Gasteiger partial charge in [0.2, 0.25) is 0 Å². The van der Waals surface area contributed by atoms with Crippen molar-refractivity contribution >= 4 is 5.82 Å². The predicted octanol–water partition coefficient (Wildman–Crippen LogP) is 2.23. The van der Waals surface area contributed by atoms with Crippen LogP contribution in [0.25, 0.3) is 0 Å². The van der Waals surface area contributed by atoms with Gasteiger partial charge in [0.05, 0.1) is 0 Å². The molecule has 2 rings (SSSR count). The van der Waals surface area contributed by atoms with Crippen molar-refractivity contribution in [1.29, 1.82) is 0 Å². The maximum Gasteiger partial charge on any atom is 0.125 e. The number of hydrogen-bond donors (Lipinski definition) is 1. The van der Waals surface area contributed by atoms with Crippen molar-refractivity contribution in [2.45, 2.75) is 19.8 Å². The van der Waals surface area contributed by atoms with Crippen LogP contribution in [0.2, 0.25) is 0 Å². The number of piperidine rings is 1. The molecule has 0 amide bonds. The highest BCUT2D eigenvalue weighted by Crippen LogP contribution is 2.30. The van der Waals surface area contributed by atoms with E-state index in [2.05, 4.69) is 29.2 Å². The van der Waals surface area contributed by atoms with Gasteiger partial charge in [0.25, 0.3) is 0 Å². The van der Waals surface area contributed by atoms with Crippen molar-refractivity contribution < 1.29 is 0 Å². The number of nitrogens with one attached hydrogen (secondary N) is 1. The zero-order valence-electron chi connectivity index (χ0n) is 10.2. The molecule has 1 aromatic heterocycles. The van der Waals surface area contributed by atoms with Crippen LogP contribution < -0.4 is 5.32 Å². The van der Waals surface area contributed by atoms with Crippen LogP contribution in [0.15, 0.2) is 24.4 Å². The molecule has 1 saturated heterocycles. The highest BCUT2D eigenvalue weighted by atomic mass is 15.1. The third-order valence-corrected chi connectivity index (χ3v) is 3.56. The Morgan fingerprint density at radius 2 is 2.12 bits per heavy atom. The summed E-state index contributed by atoms with van der Waals surface area (Å²) in [5.74, 6) is 0.989. The molecule has 0 spiro atoms. The average molecular weight is 219 g/mol. The molecule has 88 valence electrons. The van der Waals surface area contributed by atoms with Gasteiger partial charge < -0.3 is 10.2 Å². The molecule has 0 bridgehead atoms. The zero-order valence-corrected chi connectivity index (χ0v) is 10.2. The first kappa shape index (κ1) is 11.4. The van der Waals surface area contributed by atoms with Crippen LogP contribution in [0.5, 0.6) is 0 Å². The van der Waals surface area contributed by atoms with E-state index in [9.17, 15) is 0 Å². The summed E-state index contributed by atoms with van der Waals surface area (Å²) in [4.78, 5) is 6.69. The molecule has 3 heteroatoms. The van der Waals surface area contributed by atoms with Crippen LogP contribution in [-0.2, 0) is 0 Å².